The number of nitrogens with zero attached hydrogens (tertiary/aromatic N) is 5. The molecule has 4 aromatic rings. The fourth-order valence-corrected chi connectivity index (χ4v) is 3.47. The number of hydrogen-bond donors (Lipinski definition) is 1. The van der Waals surface area contributed by atoms with Crippen molar-refractivity contribution in [2.45, 2.75) is 34.0 Å². The van der Waals surface area contributed by atoms with E-state index in [2.05, 4.69) is 45.6 Å². The predicted molar refractivity (Wildman–Crippen MR) is 115 cm³/mol. The summed E-state index contributed by atoms with van der Waals surface area (Å²) in [5, 5.41) is 12.5. The van der Waals surface area contributed by atoms with E-state index in [9.17, 15) is 4.79 Å². The van der Waals surface area contributed by atoms with Crippen LogP contribution < -0.4 is 5.32 Å². The van der Waals surface area contributed by atoms with Gasteiger partial charge in [-0.1, -0.05) is 29.8 Å². The van der Waals surface area contributed by atoms with Gasteiger partial charge in [-0.3, -0.25) is 4.79 Å². The van der Waals surface area contributed by atoms with E-state index in [4.69, 9.17) is 4.74 Å². The van der Waals surface area contributed by atoms with Gasteiger partial charge in [0.25, 0.3) is 0 Å². The highest BCUT2D eigenvalue weighted by Gasteiger charge is 2.16. The number of rotatable bonds is 7. The zero-order valence-corrected chi connectivity index (χ0v) is 17.3. The molecular formula is C22H24N6O2. The summed E-state index contributed by atoms with van der Waals surface area (Å²) < 4.78 is 8.57. The molecule has 1 N–H and O–H groups in total. The largest absolute Gasteiger partial charge is 0.360 e. The van der Waals surface area contributed by atoms with Crippen LogP contribution in [0.3, 0.4) is 0 Å². The Morgan fingerprint density at radius 2 is 2.10 bits per heavy atom. The predicted octanol–water partition coefficient (Wildman–Crippen LogP) is 3.54. The second kappa shape index (κ2) is 8.46. The van der Waals surface area contributed by atoms with Crippen LogP contribution in [0.1, 0.15) is 18.2 Å². The molecule has 0 saturated heterocycles. The number of carbonyl (C=O) groups is 1. The van der Waals surface area contributed by atoms with Crippen molar-refractivity contribution in [3.05, 3.63) is 60.2 Å². The summed E-state index contributed by atoms with van der Waals surface area (Å²) in [6, 6.07) is 10.3. The van der Waals surface area contributed by atoms with E-state index in [1.807, 2.05) is 26.0 Å². The van der Waals surface area contributed by atoms with Gasteiger partial charge in [0.2, 0.25) is 5.91 Å². The minimum atomic E-state index is -0.196. The summed E-state index contributed by atoms with van der Waals surface area (Å²) >= 11 is 0. The number of amides is 1. The van der Waals surface area contributed by atoms with Gasteiger partial charge in [0.15, 0.2) is 5.65 Å². The van der Waals surface area contributed by atoms with Crippen LogP contribution in [-0.2, 0) is 22.8 Å². The number of nitrogens with one attached hydrogen (secondary N) is 1. The molecule has 0 radical (unpaired) electrons. The highest BCUT2D eigenvalue weighted by Crippen LogP contribution is 2.30. The fourth-order valence-electron chi connectivity index (χ4n) is 3.47. The summed E-state index contributed by atoms with van der Waals surface area (Å²) in [6.07, 6.45) is 5.08. The van der Waals surface area contributed by atoms with E-state index in [0.717, 1.165) is 22.2 Å². The second-order valence-corrected chi connectivity index (χ2v) is 7.11. The highest BCUT2D eigenvalue weighted by molar-refractivity contribution is 5.96. The summed E-state index contributed by atoms with van der Waals surface area (Å²) in [6.45, 7) is 6.94. The van der Waals surface area contributed by atoms with Crippen molar-refractivity contribution in [2.24, 2.45) is 0 Å². The number of hydrogen-bond acceptors (Lipinski definition) is 5. The Morgan fingerprint density at radius 3 is 2.90 bits per heavy atom. The van der Waals surface area contributed by atoms with E-state index >= 15 is 0 Å². The van der Waals surface area contributed by atoms with Crippen molar-refractivity contribution in [3.8, 4) is 11.1 Å². The van der Waals surface area contributed by atoms with Gasteiger partial charge in [-0.15, -0.1) is 0 Å². The first-order chi connectivity index (χ1) is 14.5. The summed E-state index contributed by atoms with van der Waals surface area (Å²) in [4.78, 5) is 17.1. The van der Waals surface area contributed by atoms with Crippen molar-refractivity contribution in [3.63, 3.8) is 0 Å². The first-order valence-corrected chi connectivity index (χ1v) is 9.84. The topological polar surface area (TPSA) is 86.9 Å². The molecule has 1 amide bonds. The Morgan fingerprint density at radius 1 is 1.23 bits per heavy atom. The van der Waals surface area contributed by atoms with Crippen LogP contribution in [0.15, 0.2) is 48.9 Å². The number of aromatic nitrogens is 5. The molecule has 154 valence electrons. The van der Waals surface area contributed by atoms with E-state index in [0.29, 0.717) is 24.7 Å². The molecule has 0 atom stereocenters. The van der Waals surface area contributed by atoms with Gasteiger partial charge in [-0.25, -0.2) is 14.3 Å². The molecule has 30 heavy (non-hydrogen) atoms. The fraction of sp³-hybridized carbons (Fsp3) is 0.273. The van der Waals surface area contributed by atoms with Crippen molar-refractivity contribution in [2.75, 3.05) is 11.9 Å². The van der Waals surface area contributed by atoms with E-state index in [-0.39, 0.29) is 12.5 Å². The van der Waals surface area contributed by atoms with Gasteiger partial charge < -0.3 is 10.1 Å². The first-order valence-electron chi connectivity index (χ1n) is 9.84. The van der Waals surface area contributed by atoms with Gasteiger partial charge in [-0.2, -0.15) is 10.2 Å². The molecule has 3 heterocycles. The average molecular weight is 404 g/mol. The van der Waals surface area contributed by atoms with Gasteiger partial charge in [0, 0.05) is 18.2 Å². The number of aryl methyl sites for hydroxylation is 2. The van der Waals surface area contributed by atoms with Crippen LogP contribution in [-0.4, -0.2) is 37.1 Å². The Balaban J connectivity index is 1.57. The lowest BCUT2D eigenvalue weighted by Crippen LogP contribution is -2.19. The number of carbonyl (C=O) groups excluding carboxylic acids is 1. The SMILES string of the molecule is CCOCn1cc(NC(=O)Cn2nc(C)c3c(-c4cccc(C)c4)ccnc32)cn1. The maximum Gasteiger partial charge on any atom is 0.246 e. The molecule has 0 aliphatic heterocycles. The number of pyridine rings is 1. The molecule has 0 saturated carbocycles. The molecular weight excluding hydrogens is 380 g/mol. The average Bonchev–Trinajstić information content (AvgIpc) is 3.30. The molecule has 0 bridgehead atoms. The third-order valence-corrected chi connectivity index (χ3v) is 4.78. The maximum absolute atomic E-state index is 12.6. The Bertz CT molecular complexity index is 1190. The third kappa shape index (κ3) is 4.08. The van der Waals surface area contributed by atoms with Crippen molar-refractivity contribution in [1.82, 2.24) is 24.5 Å². The minimum absolute atomic E-state index is 0.0608. The highest BCUT2D eigenvalue weighted by atomic mass is 16.5. The smallest absolute Gasteiger partial charge is 0.246 e. The van der Waals surface area contributed by atoms with Crippen LogP contribution in [0.2, 0.25) is 0 Å². The number of fused-ring (bicyclic) bond motifs is 1. The standard InChI is InChI=1S/C22H24N6O2/c1-4-30-14-27-12-18(11-24-27)25-20(29)13-28-22-21(16(3)26-28)19(8-9-23-22)17-7-5-6-15(2)10-17/h5-12H,4,13-14H2,1-3H3,(H,25,29). The second-order valence-electron chi connectivity index (χ2n) is 7.11. The molecule has 4 rings (SSSR count). The monoisotopic (exact) mass is 404 g/mol. The van der Waals surface area contributed by atoms with Crippen molar-refractivity contribution < 1.29 is 9.53 Å². The van der Waals surface area contributed by atoms with E-state index in [1.54, 1.807) is 28.0 Å². The number of anilines is 1. The quantitative estimate of drug-likeness (QED) is 0.509. The zero-order valence-electron chi connectivity index (χ0n) is 17.3. The Kier molecular flexibility index (Phi) is 5.58. The first kappa shape index (κ1) is 19.8. The van der Waals surface area contributed by atoms with Crippen LogP contribution in [0.25, 0.3) is 22.2 Å². The van der Waals surface area contributed by atoms with Crippen LogP contribution in [0.4, 0.5) is 5.69 Å². The zero-order chi connectivity index (χ0) is 21.1. The van der Waals surface area contributed by atoms with Gasteiger partial charge in [0.05, 0.1) is 23.8 Å². The molecule has 0 fully saturated rings. The lowest BCUT2D eigenvalue weighted by molar-refractivity contribution is -0.116. The molecule has 0 aliphatic carbocycles. The molecule has 3 aromatic heterocycles. The normalized spacial score (nSPS) is 11.2. The van der Waals surface area contributed by atoms with Gasteiger partial charge >= 0.3 is 0 Å². The summed E-state index contributed by atoms with van der Waals surface area (Å²) in [5.41, 5.74) is 5.50. The molecule has 8 nitrogen and oxygen atoms in total. The molecule has 1 aromatic carbocycles. The lowest BCUT2D eigenvalue weighted by atomic mass is 10.0. The lowest BCUT2D eigenvalue weighted by Gasteiger charge is -2.06. The maximum atomic E-state index is 12.6. The van der Waals surface area contributed by atoms with Crippen LogP contribution in [0.5, 0.6) is 0 Å². The Labute approximate surface area is 174 Å². The summed E-state index contributed by atoms with van der Waals surface area (Å²) in [5.74, 6) is -0.196. The van der Waals surface area contributed by atoms with Crippen LogP contribution >= 0.6 is 0 Å². The minimum Gasteiger partial charge on any atom is -0.360 e. The van der Waals surface area contributed by atoms with Crippen LogP contribution in [0, 0.1) is 13.8 Å². The third-order valence-electron chi connectivity index (χ3n) is 4.78. The van der Waals surface area contributed by atoms with Gasteiger partial charge in [-0.05, 0) is 38.0 Å². The molecule has 0 unspecified atom stereocenters. The summed E-state index contributed by atoms with van der Waals surface area (Å²) in [7, 11) is 0. The number of benzene rings is 1. The molecule has 0 aliphatic rings. The molecule has 0 spiro atoms. The van der Waals surface area contributed by atoms with E-state index < -0.39 is 0 Å². The van der Waals surface area contributed by atoms with Gasteiger partial charge in [0.1, 0.15) is 13.3 Å². The molecule has 8 heteroatoms. The Hall–Kier alpha value is -3.52. The van der Waals surface area contributed by atoms with E-state index in [1.165, 1.54) is 5.56 Å². The number of ether oxygens (including phenoxy) is 1. The van der Waals surface area contributed by atoms with Crippen molar-refractivity contribution >= 4 is 22.6 Å². The van der Waals surface area contributed by atoms with Crippen molar-refractivity contribution in [1.29, 1.82) is 0 Å².